The Hall–Kier alpha value is -4.13. The molecule has 0 fully saturated rings. The molecule has 0 spiro atoms. The molecule has 0 aliphatic carbocycles. The molecule has 0 aliphatic rings. The van der Waals surface area contributed by atoms with Gasteiger partial charge in [-0.2, -0.15) is 0 Å². The van der Waals surface area contributed by atoms with Gasteiger partial charge >= 0.3 is 12.0 Å². The molecule has 0 saturated heterocycles. The molecule has 0 saturated carbocycles. The van der Waals surface area contributed by atoms with Crippen LogP contribution in [0.5, 0.6) is 0 Å². The van der Waals surface area contributed by atoms with Gasteiger partial charge in [-0.05, 0) is 48.9 Å². The monoisotopic (exact) mass is 414 g/mol. The van der Waals surface area contributed by atoms with Crippen molar-refractivity contribution in [1.29, 1.82) is 0 Å². The molecule has 2 heterocycles. The van der Waals surface area contributed by atoms with E-state index in [9.17, 15) is 9.59 Å². The molecular formula is C24H22N4O3. The van der Waals surface area contributed by atoms with Crippen LogP contribution < -0.4 is 10.6 Å². The van der Waals surface area contributed by atoms with E-state index in [0.717, 1.165) is 22.2 Å². The Balaban J connectivity index is 1.50. The molecule has 7 nitrogen and oxygen atoms in total. The van der Waals surface area contributed by atoms with Gasteiger partial charge in [-0.15, -0.1) is 0 Å². The van der Waals surface area contributed by atoms with Crippen molar-refractivity contribution in [2.24, 2.45) is 0 Å². The largest absolute Gasteiger partial charge is 0.462 e. The molecule has 0 radical (unpaired) electrons. The fraction of sp³-hybridized carbons (Fsp3) is 0.125. The second kappa shape index (κ2) is 9.13. The highest BCUT2D eigenvalue weighted by molar-refractivity contribution is 6.05. The number of nitrogens with one attached hydrogen (secondary N) is 2. The first-order chi connectivity index (χ1) is 15.2. The van der Waals surface area contributed by atoms with Gasteiger partial charge in [0.15, 0.2) is 0 Å². The Morgan fingerprint density at radius 1 is 1.03 bits per heavy atom. The van der Waals surface area contributed by atoms with Crippen LogP contribution in [-0.2, 0) is 11.3 Å². The first kappa shape index (κ1) is 20.2. The van der Waals surface area contributed by atoms with Crippen LogP contribution in [0.2, 0.25) is 0 Å². The Kier molecular flexibility index (Phi) is 5.93. The average Bonchev–Trinajstić information content (AvgIpc) is 3.19. The summed E-state index contributed by atoms with van der Waals surface area (Å²) < 4.78 is 7.13. The average molecular weight is 414 g/mol. The van der Waals surface area contributed by atoms with E-state index < -0.39 is 0 Å². The van der Waals surface area contributed by atoms with Crippen molar-refractivity contribution in [2.75, 3.05) is 11.9 Å². The maximum Gasteiger partial charge on any atom is 0.340 e. The van der Waals surface area contributed by atoms with Crippen LogP contribution in [0.15, 0.2) is 79.3 Å². The highest BCUT2D eigenvalue weighted by atomic mass is 16.5. The van der Waals surface area contributed by atoms with Crippen molar-refractivity contribution >= 4 is 28.6 Å². The zero-order chi connectivity index (χ0) is 21.6. The van der Waals surface area contributed by atoms with Crippen molar-refractivity contribution in [1.82, 2.24) is 14.9 Å². The minimum absolute atomic E-state index is 0.299. The van der Waals surface area contributed by atoms with Crippen molar-refractivity contribution in [2.45, 2.75) is 13.5 Å². The van der Waals surface area contributed by atoms with Gasteiger partial charge in [0.2, 0.25) is 0 Å². The molecule has 2 aromatic heterocycles. The lowest BCUT2D eigenvalue weighted by Gasteiger charge is -2.09. The number of fused-ring (bicyclic) bond motifs is 1. The third kappa shape index (κ3) is 4.56. The maximum atomic E-state index is 12.3. The van der Waals surface area contributed by atoms with Crippen molar-refractivity contribution in [3.05, 3.63) is 90.4 Å². The van der Waals surface area contributed by atoms with Crippen molar-refractivity contribution in [3.63, 3.8) is 0 Å². The molecular weight excluding hydrogens is 392 g/mol. The second-order valence-electron chi connectivity index (χ2n) is 6.87. The summed E-state index contributed by atoms with van der Waals surface area (Å²) in [7, 11) is 0. The molecule has 2 aromatic carbocycles. The normalized spacial score (nSPS) is 10.6. The van der Waals surface area contributed by atoms with E-state index in [1.807, 2.05) is 65.2 Å². The minimum atomic E-state index is -0.346. The second-order valence-corrected chi connectivity index (χ2v) is 6.87. The number of rotatable bonds is 6. The predicted octanol–water partition coefficient (Wildman–Crippen LogP) is 4.52. The van der Waals surface area contributed by atoms with Crippen molar-refractivity contribution in [3.8, 4) is 5.69 Å². The first-order valence-electron chi connectivity index (χ1n) is 9.97. The van der Waals surface area contributed by atoms with Crippen LogP contribution in [0.3, 0.4) is 0 Å². The molecule has 0 aliphatic heterocycles. The number of pyridine rings is 1. The number of urea groups is 1. The van der Waals surface area contributed by atoms with Gasteiger partial charge in [0, 0.05) is 41.9 Å². The van der Waals surface area contributed by atoms with E-state index >= 15 is 0 Å². The highest BCUT2D eigenvalue weighted by Gasteiger charge is 2.16. The van der Waals surface area contributed by atoms with Gasteiger partial charge in [-0.25, -0.2) is 9.59 Å². The number of benzene rings is 2. The summed E-state index contributed by atoms with van der Waals surface area (Å²) >= 11 is 0. The van der Waals surface area contributed by atoms with E-state index in [1.54, 1.807) is 25.5 Å². The van der Waals surface area contributed by atoms with Crippen LogP contribution in [0.4, 0.5) is 10.5 Å². The molecule has 156 valence electrons. The number of aromatic nitrogens is 2. The molecule has 31 heavy (non-hydrogen) atoms. The quantitative estimate of drug-likeness (QED) is 0.454. The summed E-state index contributed by atoms with van der Waals surface area (Å²) in [6, 6.07) is 18.5. The molecule has 4 aromatic rings. The number of hydrogen-bond donors (Lipinski definition) is 2. The standard InChI is InChI=1S/C24H22N4O3/c1-2-31-23(29)21-16-28(22-8-4-3-7-20(21)22)19-11-9-18(10-12-19)27-24(30)26-15-17-6-5-13-25-14-17/h3-14,16H,2,15H2,1H3,(H2,26,27,30). The SMILES string of the molecule is CCOC(=O)c1cn(-c2ccc(NC(=O)NCc3cccnc3)cc2)c2ccccc12. The van der Waals surface area contributed by atoms with Gasteiger partial charge in [-0.3, -0.25) is 4.98 Å². The van der Waals surface area contributed by atoms with E-state index in [0.29, 0.717) is 24.4 Å². The van der Waals surface area contributed by atoms with Crippen LogP contribution in [0.25, 0.3) is 16.6 Å². The predicted molar refractivity (Wildman–Crippen MR) is 119 cm³/mol. The van der Waals surface area contributed by atoms with Crippen LogP contribution in [0, 0.1) is 0 Å². The number of hydrogen-bond acceptors (Lipinski definition) is 4. The lowest BCUT2D eigenvalue weighted by atomic mass is 10.2. The summed E-state index contributed by atoms with van der Waals surface area (Å²) in [5.74, 6) is -0.346. The number of carbonyl (C=O) groups excluding carboxylic acids is 2. The van der Waals surface area contributed by atoms with E-state index in [1.165, 1.54) is 0 Å². The number of para-hydroxylation sites is 1. The van der Waals surface area contributed by atoms with Gasteiger partial charge in [-0.1, -0.05) is 24.3 Å². The number of ether oxygens (including phenoxy) is 1. The zero-order valence-corrected chi connectivity index (χ0v) is 17.0. The Bertz CT molecular complexity index is 1200. The molecule has 2 amide bonds. The third-order valence-corrected chi connectivity index (χ3v) is 4.79. The summed E-state index contributed by atoms with van der Waals surface area (Å²) in [4.78, 5) is 28.5. The van der Waals surface area contributed by atoms with E-state index in [4.69, 9.17) is 4.74 Å². The summed E-state index contributed by atoms with van der Waals surface area (Å²) in [6.45, 7) is 2.50. The fourth-order valence-electron chi connectivity index (χ4n) is 3.33. The summed E-state index contributed by atoms with van der Waals surface area (Å²) in [5.41, 5.74) is 3.88. The Morgan fingerprint density at radius 3 is 2.58 bits per heavy atom. The topological polar surface area (TPSA) is 85.2 Å². The summed E-state index contributed by atoms with van der Waals surface area (Å²) in [6.07, 6.45) is 5.18. The maximum absolute atomic E-state index is 12.3. The smallest absolute Gasteiger partial charge is 0.340 e. The Labute approximate surface area is 179 Å². The molecule has 0 atom stereocenters. The molecule has 2 N–H and O–H groups in total. The van der Waals surface area contributed by atoms with E-state index in [-0.39, 0.29) is 12.0 Å². The van der Waals surface area contributed by atoms with Gasteiger partial charge in [0.25, 0.3) is 0 Å². The molecule has 7 heteroatoms. The summed E-state index contributed by atoms with van der Waals surface area (Å²) in [5, 5.41) is 6.44. The third-order valence-electron chi connectivity index (χ3n) is 4.79. The number of nitrogens with zero attached hydrogens (tertiary/aromatic N) is 2. The van der Waals surface area contributed by atoms with Crippen LogP contribution >= 0.6 is 0 Å². The lowest BCUT2D eigenvalue weighted by Crippen LogP contribution is -2.28. The van der Waals surface area contributed by atoms with E-state index in [2.05, 4.69) is 15.6 Å². The number of anilines is 1. The lowest BCUT2D eigenvalue weighted by molar-refractivity contribution is 0.0528. The Morgan fingerprint density at radius 2 is 1.84 bits per heavy atom. The molecule has 0 bridgehead atoms. The number of carbonyl (C=O) groups is 2. The zero-order valence-electron chi connectivity index (χ0n) is 17.0. The van der Waals surface area contributed by atoms with Crippen LogP contribution in [-0.4, -0.2) is 28.2 Å². The molecule has 0 unspecified atom stereocenters. The minimum Gasteiger partial charge on any atom is -0.462 e. The van der Waals surface area contributed by atoms with Crippen molar-refractivity contribution < 1.29 is 14.3 Å². The number of amides is 2. The van der Waals surface area contributed by atoms with Crippen LogP contribution in [0.1, 0.15) is 22.8 Å². The highest BCUT2D eigenvalue weighted by Crippen LogP contribution is 2.26. The molecule has 4 rings (SSSR count). The van der Waals surface area contributed by atoms with Gasteiger partial charge < -0.3 is 19.9 Å². The fourth-order valence-corrected chi connectivity index (χ4v) is 3.33. The van der Waals surface area contributed by atoms with Gasteiger partial charge in [0.1, 0.15) is 0 Å². The first-order valence-corrected chi connectivity index (χ1v) is 9.97. The van der Waals surface area contributed by atoms with Gasteiger partial charge in [0.05, 0.1) is 17.7 Å². The number of esters is 1.